The number of nitrogens with one attached hydrogen (secondary N) is 1. The SMILES string of the molecule is N=C(N)C1CCCCC1.O=S(=O)(O)F. The third kappa shape index (κ3) is 9.40. The van der Waals surface area contributed by atoms with Gasteiger partial charge in [0.15, 0.2) is 0 Å². The molecule has 84 valence electrons. The molecule has 0 aromatic carbocycles. The molecular weight excluding hydrogens is 211 g/mol. The highest BCUT2D eigenvalue weighted by Crippen LogP contribution is 2.22. The van der Waals surface area contributed by atoms with E-state index in [4.69, 9.17) is 24.1 Å². The van der Waals surface area contributed by atoms with Crippen LogP contribution < -0.4 is 5.73 Å². The van der Waals surface area contributed by atoms with Gasteiger partial charge in [-0.25, -0.2) is 0 Å². The molecule has 14 heavy (non-hydrogen) atoms. The molecule has 0 saturated heterocycles. The molecule has 1 fully saturated rings. The van der Waals surface area contributed by atoms with E-state index in [1.807, 2.05) is 0 Å². The number of amidine groups is 1. The molecular formula is C7H15FN2O3S. The van der Waals surface area contributed by atoms with Gasteiger partial charge >= 0.3 is 10.5 Å². The smallest absolute Gasteiger partial charge is 0.387 e. The summed E-state index contributed by atoms with van der Waals surface area (Å²) in [7, 11) is -5.17. The Balaban J connectivity index is 0.000000292. The van der Waals surface area contributed by atoms with Crippen molar-refractivity contribution in [1.29, 1.82) is 5.41 Å². The Labute approximate surface area is 83.0 Å². The fourth-order valence-corrected chi connectivity index (χ4v) is 1.41. The Hall–Kier alpha value is -0.690. The molecule has 0 aromatic heterocycles. The van der Waals surface area contributed by atoms with Gasteiger partial charge < -0.3 is 5.73 Å². The van der Waals surface area contributed by atoms with Gasteiger partial charge in [0.2, 0.25) is 0 Å². The minimum absolute atomic E-state index is 0.398. The molecule has 0 atom stereocenters. The number of nitrogens with two attached hydrogens (primary N) is 1. The van der Waals surface area contributed by atoms with E-state index in [9.17, 15) is 3.89 Å². The van der Waals surface area contributed by atoms with E-state index in [0.717, 1.165) is 12.8 Å². The monoisotopic (exact) mass is 226 g/mol. The van der Waals surface area contributed by atoms with Crippen molar-refractivity contribution in [1.82, 2.24) is 0 Å². The standard InChI is InChI=1S/C7H14N2.FHO3S/c8-7(9)6-4-2-1-3-5-6;1-5(2,3)4/h6H,1-5H2,(H3,8,9);(H,2,3,4). The molecule has 0 aromatic rings. The summed E-state index contributed by atoms with van der Waals surface area (Å²) < 4.78 is 34.1. The maximum absolute atomic E-state index is 10.2. The zero-order valence-electron chi connectivity index (χ0n) is 7.74. The Kier molecular flexibility index (Phi) is 5.63. The quantitative estimate of drug-likeness (QED) is 0.271. The van der Waals surface area contributed by atoms with Crippen molar-refractivity contribution >= 4 is 16.3 Å². The second-order valence-corrected chi connectivity index (χ2v) is 4.03. The van der Waals surface area contributed by atoms with Gasteiger partial charge in [0.1, 0.15) is 0 Å². The van der Waals surface area contributed by atoms with Crippen LogP contribution in [0.15, 0.2) is 0 Å². The molecule has 7 heteroatoms. The highest BCUT2D eigenvalue weighted by atomic mass is 32.3. The molecule has 0 bridgehead atoms. The fraction of sp³-hybridized carbons (Fsp3) is 0.857. The topological polar surface area (TPSA) is 104 Å². The van der Waals surface area contributed by atoms with Crippen LogP contribution in [0.4, 0.5) is 3.89 Å². The molecule has 0 unspecified atom stereocenters. The van der Waals surface area contributed by atoms with Gasteiger partial charge in [-0.15, -0.1) is 0 Å². The van der Waals surface area contributed by atoms with Crippen LogP contribution in [-0.2, 0) is 10.5 Å². The molecule has 0 amide bonds. The van der Waals surface area contributed by atoms with Crippen molar-refractivity contribution < 1.29 is 16.9 Å². The first kappa shape index (κ1) is 13.3. The van der Waals surface area contributed by atoms with Gasteiger partial charge in [-0.05, 0) is 12.8 Å². The van der Waals surface area contributed by atoms with Crippen molar-refractivity contribution in [2.24, 2.45) is 11.7 Å². The summed E-state index contributed by atoms with van der Waals surface area (Å²) in [4.78, 5) is 0. The molecule has 0 heterocycles. The third-order valence-electron chi connectivity index (χ3n) is 2.04. The first-order chi connectivity index (χ1) is 6.30. The van der Waals surface area contributed by atoms with Crippen molar-refractivity contribution in [2.75, 3.05) is 0 Å². The maximum Gasteiger partial charge on any atom is 0.435 e. The second kappa shape index (κ2) is 5.92. The lowest BCUT2D eigenvalue weighted by atomic mass is 9.89. The number of hydrogen-bond acceptors (Lipinski definition) is 3. The average molecular weight is 226 g/mol. The Morgan fingerprint density at radius 2 is 1.71 bits per heavy atom. The summed E-state index contributed by atoms with van der Waals surface area (Å²) in [6, 6.07) is 0. The first-order valence-electron chi connectivity index (χ1n) is 4.31. The largest absolute Gasteiger partial charge is 0.435 e. The number of hydrogen-bond donors (Lipinski definition) is 3. The molecule has 4 N–H and O–H groups in total. The highest BCUT2D eigenvalue weighted by molar-refractivity contribution is 7.80. The minimum Gasteiger partial charge on any atom is -0.387 e. The van der Waals surface area contributed by atoms with Gasteiger partial charge in [0.05, 0.1) is 5.84 Å². The van der Waals surface area contributed by atoms with Crippen LogP contribution in [0.3, 0.4) is 0 Å². The number of rotatable bonds is 1. The minimum atomic E-state index is -5.17. The molecule has 5 nitrogen and oxygen atoms in total. The van der Waals surface area contributed by atoms with E-state index in [1.165, 1.54) is 19.3 Å². The maximum atomic E-state index is 10.2. The van der Waals surface area contributed by atoms with Gasteiger partial charge in [-0.1, -0.05) is 23.1 Å². The van der Waals surface area contributed by atoms with Gasteiger partial charge in [-0.2, -0.15) is 8.42 Å². The van der Waals surface area contributed by atoms with Crippen molar-refractivity contribution in [3.05, 3.63) is 0 Å². The zero-order chi connectivity index (χ0) is 11.2. The summed E-state index contributed by atoms with van der Waals surface area (Å²) >= 11 is 0. The summed E-state index contributed by atoms with van der Waals surface area (Å²) in [6.45, 7) is 0. The first-order valence-corrected chi connectivity index (χ1v) is 5.65. The lowest BCUT2D eigenvalue weighted by molar-refractivity contribution is 0.435. The summed E-state index contributed by atoms with van der Waals surface area (Å²) in [5.74, 6) is 0.813. The van der Waals surface area contributed by atoms with Crippen LogP contribution in [0.25, 0.3) is 0 Å². The zero-order valence-corrected chi connectivity index (χ0v) is 8.56. The van der Waals surface area contributed by atoms with E-state index in [-0.39, 0.29) is 0 Å². The lowest BCUT2D eigenvalue weighted by Crippen LogP contribution is -2.24. The van der Waals surface area contributed by atoms with Gasteiger partial charge in [-0.3, -0.25) is 9.96 Å². The number of halogens is 1. The second-order valence-electron chi connectivity index (χ2n) is 3.20. The molecule has 0 radical (unpaired) electrons. The third-order valence-corrected chi connectivity index (χ3v) is 2.04. The van der Waals surface area contributed by atoms with E-state index < -0.39 is 10.5 Å². The van der Waals surface area contributed by atoms with Crippen LogP contribution in [0.2, 0.25) is 0 Å². The molecule has 1 saturated carbocycles. The van der Waals surface area contributed by atoms with Crippen LogP contribution in [0.5, 0.6) is 0 Å². The van der Waals surface area contributed by atoms with Crippen molar-refractivity contribution in [2.45, 2.75) is 32.1 Å². The van der Waals surface area contributed by atoms with Crippen LogP contribution in [0, 0.1) is 11.3 Å². The summed E-state index contributed by atoms with van der Waals surface area (Å²) in [6.07, 6.45) is 6.17. The van der Waals surface area contributed by atoms with Crippen LogP contribution in [-0.4, -0.2) is 18.8 Å². The average Bonchev–Trinajstić information content (AvgIpc) is 2.03. The fourth-order valence-electron chi connectivity index (χ4n) is 1.41. The molecule has 0 aliphatic heterocycles. The van der Waals surface area contributed by atoms with Gasteiger partial charge in [0.25, 0.3) is 0 Å². The van der Waals surface area contributed by atoms with E-state index in [2.05, 4.69) is 0 Å². The summed E-state index contributed by atoms with van der Waals surface area (Å²) in [5, 5.41) is 7.17. The summed E-state index contributed by atoms with van der Waals surface area (Å²) in [5.41, 5.74) is 5.35. The van der Waals surface area contributed by atoms with E-state index >= 15 is 0 Å². The Morgan fingerprint density at radius 3 is 1.93 bits per heavy atom. The molecule has 1 rings (SSSR count). The predicted octanol–water partition coefficient (Wildman–Crippen LogP) is 1.26. The van der Waals surface area contributed by atoms with Gasteiger partial charge in [0, 0.05) is 5.92 Å². The predicted molar refractivity (Wildman–Crippen MR) is 51.1 cm³/mol. The van der Waals surface area contributed by atoms with Crippen molar-refractivity contribution in [3.8, 4) is 0 Å². The Bertz CT molecular complexity index is 265. The van der Waals surface area contributed by atoms with E-state index in [0.29, 0.717) is 11.8 Å². The van der Waals surface area contributed by atoms with Crippen LogP contribution in [0.1, 0.15) is 32.1 Å². The van der Waals surface area contributed by atoms with E-state index in [1.54, 1.807) is 0 Å². The molecule has 1 aliphatic rings. The Morgan fingerprint density at radius 1 is 1.36 bits per heavy atom. The van der Waals surface area contributed by atoms with Crippen LogP contribution >= 0.6 is 0 Å². The lowest BCUT2D eigenvalue weighted by Gasteiger charge is -2.19. The molecule has 0 spiro atoms. The highest BCUT2D eigenvalue weighted by Gasteiger charge is 2.14. The van der Waals surface area contributed by atoms with Crippen molar-refractivity contribution in [3.63, 3.8) is 0 Å². The molecule has 1 aliphatic carbocycles. The normalized spacial score (nSPS) is 18.1.